The van der Waals surface area contributed by atoms with Crippen molar-refractivity contribution in [1.29, 1.82) is 0 Å². The summed E-state index contributed by atoms with van der Waals surface area (Å²) in [4.78, 5) is 24.0. The van der Waals surface area contributed by atoms with Gasteiger partial charge in [-0.3, -0.25) is 4.79 Å². The highest BCUT2D eigenvalue weighted by Gasteiger charge is 2.16. The molecule has 0 saturated carbocycles. The molecule has 0 fully saturated rings. The lowest BCUT2D eigenvalue weighted by Crippen LogP contribution is -2.29. The van der Waals surface area contributed by atoms with Gasteiger partial charge in [-0.1, -0.05) is 30.3 Å². The molecule has 1 aromatic heterocycles. The number of hydrogen-bond donors (Lipinski definition) is 1. The summed E-state index contributed by atoms with van der Waals surface area (Å²) in [6.07, 6.45) is 3.24. The SMILES string of the molecule is CC(OC(=O)/C=C/c1ccco1)C(=O)Nc1ccc(OCc2ccccc2)cc1. The van der Waals surface area contributed by atoms with Crippen LogP contribution in [0.25, 0.3) is 6.08 Å². The van der Waals surface area contributed by atoms with Crippen LogP contribution in [0.2, 0.25) is 0 Å². The van der Waals surface area contributed by atoms with Crippen LogP contribution in [-0.4, -0.2) is 18.0 Å². The minimum absolute atomic E-state index is 0.428. The molecule has 2 aromatic carbocycles. The lowest BCUT2D eigenvalue weighted by atomic mass is 10.2. The number of hydrogen-bond acceptors (Lipinski definition) is 5. The van der Waals surface area contributed by atoms with Crippen molar-refractivity contribution in [2.75, 3.05) is 5.32 Å². The summed E-state index contributed by atoms with van der Waals surface area (Å²) in [7, 11) is 0. The van der Waals surface area contributed by atoms with E-state index < -0.39 is 18.0 Å². The molecule has 1 heterocycles. The molecular formula is C23H21NO5. The summed E-state index contributed by atoms with van der Waals surface area (Å²) in [6, 6.07) is 20.2. The fraction of sp³-hybridized carbons (Fsp3) is 0.130. The second-order valence-electron chi connectivity index (χ2n) is 6.22. The monoisotopic (exact) mass is 391 g/mol. The number of ether oxygens (including phenoxy) is 2. The van der Waals surface area contributed by atoms with E-state index in [1.807, 2.05) is 30.3 Å². The maximum absolute atomic E-state index is 12.2. The molecule has 6 heteroatoms. The van der Waals surface area contributed by atoms with Gasteiger partial charge >= 0.3 is 5.97 Å². The van der Waals surface area contributed by atoms with Crippen molar-refractivity contribution in [1.82, 2.24) is 0 Å². The molecule has 0 aliphatic carbocycles. The topological polar surface area (TPSA) is 77.8 Å². The third kappa shape index (κ3) is 6.39. The van der Waals surface area contributed by atoms with Gasteiger partial charge in [-0.15, -0.1) is 0 Å². The van der Waals surface area contributed by atoms with Gasteiger partial charge in [0.15, 0.2) is 6.10 Å². The molecule has 0 bridgehead atoms. The summed E-state index contributed by atoms with van der Waals surface area (Å²) < 4.78 is 15.9. The van der Waals surface area contributed by atoms with E-state index in [1.165, 1.54) is 25.3 Å². The zero-order chi connectivity index (χ0) is 20.5. The van der Waals surface area contributed by atoms with Crippen LogP contribution in [0, 0.1) is 0 Å². The van der Waals surface area contributed by atoms with Gasteiger partial charge in [-0.2, -0.15) is 0 Å². The van der Waals surface area contributed by atoms with Crippen LogP contribution in [0.15, 0.2) is 83.5 Å². The highest BCUT2D eigenvalue weighted by atomic mass is 16.5. The van der Waals surface area contributed by atoms with E-state index >= 15 is 0 Å². The number of nitrogens with one attached hydrogen (secondary N) is 1. The number of furan rings is 1. The van der Waals surface area contributed by atoms with Crippen LogP contribution in [0.1, 0.15) is 18.2 Å². The van der Waals surface area contributed by atoms with Crippen LogP contribution in [-0.2, 0) is 20.9 Å². The van der Waals surface area contributed by atoms with Crippen LogP contribution in [0.4, 0.5) is 5.69 Å². The van der Waals surface area contributed by atoms with Crippen molar-refractivity contribution in [3.05, 3.63) is 90.4 Å². The third-order valence-electron chi connectivity index (χ3n) is 3.96. The van der Waals surface area contributed by atoms with E-state index in [-0.39, 0.29) is 0 Å². The van der Waals surface area contributed by atoms with Gasteiger partial charge in [0.05, 0.1) is 6.26 Å². The van der Waals surface area contributed by atoms with E-state index in [2.05, 4.69) is 5.32 Å². The molecule has 6 nitrogen and oxygen atoms in total. The fourth-order valence-corrected chi connectivity index (χ4v) is 2.42. The summed E-state index contributed by atoms with van der Waals surface area (Å²) in [5.74, 6) is 0.152. The van der Waals surface area contributed by atoms with Crippen molar-refractivity contribution < 1.29 is 23.5 Å². The van der Waals surface area contributed by atoms with Gasteiger partial charge in [-0.25, -0.2) is 4.79 Å². The van der Waals surface area contributed by atoms with Crippen molar-refractivity contribution in [2.24, 2.45) is 0 Å². The quantitative estimate of drug-likeness (QED) is 0.454. The van der Waals surface area contributed by atoms with E-state index in [1.54, 1.807) is 36.4 Å². The fourth-order valence-electron chi connectivity index (χ4n) is 2.42. The predicted molar refractivity (Wildman–Crippen MR) is 109 cm³/mol. The third-order valence-corrected chi connectivity index (χ3v) is 3.96. The highest BCUT2D eigenvalue weighted by Crippen LogP contribution is 2.17. The molecule has 148 valence electrons. The first-order valence-electron chi connectivity index (χ1n) is 9.10. The molecule has 0 radical (unpaired) electrons. The Kier molecular flexibility index (Phi) is 6.84. The van der Waals surface area contributed by atoms with Crippen LogP contribution in [0.5, 0.6) is 5.75 Å². The average molecular weight is 391 g/mol. The van der Waals surface area contributed by atoms with Crippen molar-refractivity contribution in [3.8, 4) is 5.75 Å². The van der Waals surface area contributed by atoms with Gasteiger partial charge in [0.25, 0.3) is 5.91 Å². The Morgan fingerprint density at radius 1 is 1.03 bits per heavy atom. The van der Waals surface area contributed by atoms with Crippen molar-refractivity contribution in [3.63, 3.8) is 0 Å². The zero-order valence-corrected chi connectivity index (χ0v) is 15.9. The van der Waals surface area contributed by atoms with Crippen LogP contribution < -0.4 is 10.1 Å². The van der Waals surface area contributed by atoms with Gasteiger partial charge in [0.1, 0.15) is 18.1 Å². The average Bonchev–Trinajstić information content (AvgIpc) is 3.26. The second-order valence-corrected chi connectivity index (χ2v) is 6.22. The summed E-state index contributed by atoms with van der Waals surface area (Å²) in [5, 5.41) is 2.70. The zero-order valence-electron chi connectivity index (χ0n) is 15.9. The Labute approximate surface area is 168 Å². The Balaban J connectivity index is 1.46. The van der Waals surface area contributed by atoms with E-state index in [0.29, 0.717) is 23.8 Å². The highest BCUT2D eigenvalue weighted by molar-refractivity contribution is 5.96. The lowest BCUT2D eigenvalue weighted by molar-refractivity contribution is -0.148. The number of esters is 1. The Morgan fingerprint density at radius 2 is 1.79 bits per heavy atom. The number of carbonyl (C=O) groups excluding carboxylic acids is 2. The van der Waals surface area contributed by atoms with E-state index in [9.17, 15) is 9.59 Å². The maximum atomic E-state index is 12.2. The minimum Gasteiger partial charge on any atom is -0.489 e. The smallest absolute Gasteiger partial charge is 0.331 e. The first kappa shape index (κ1) is 19.9. The number of anilines is 1. The molecule has 0 saturated heterocycles. The molecule has 1 N–H and O–H groups in total. The van der Waals surface area contributed by atoms with Gasteiger partial charge in [0.2, 0.25) is 0 Å². The molecule has 1 unspecified atom stereocenters. The molecule has 1 amide bonds. The largest absolute Gasteiger partial charge is 0.489 e. The van der Waals surface area contributed by atoms with Crippen LogP contribution >= 0.6 is 0 Å². The number of carbonyl (C=O) groups is 2. The van der Waals surface area contributed by atoms with E-state index in [4.69, 9.17) is 13.9 Å². The number of amides is 1. The minimum atomic E-state index is -0.947. The normalized spacial score (nSPS) is 11.8. The van der Waals surface area contributed by atoms with Crippen molar-refractivity contribution in [2.45, 2.75) is 19.6 Å². The Bertz CT molecular complexity index is 947. The van der Waals surface area contributed by atoms with Crippen molar-refractivity contribution >= 4 is 23.6 Å². The summed E-state index contributed by atoms with van der Waals surface area (Å²) in [5.41, 5.74) is 1.65. The molecule has 3 rings (SSSR count). The molecule has 0 spiro atoms. The molecule has 29 heavy (non-hydrogen) atoms. The van der Waals surface area contributed by atoms with Crippen LogP contribution in [0.3, 0.4) is 0 Å². The first-order valence-corrected chi connectivity index (χ1v) is 9.10. The lowest BCUT2D eigenvalue weighted by Gasteiger charge is -2.13. The first-order chi connectivity index (χ1) is 14.1. The van der Waals surface area contributed by atoms with E-state index in [0.717, 1.165) is 5.56 Å². The molecule has 0 aliphatic rings. The maximum Gasteiger partial charge on any atom is 0.331 e. The molecular weight excluding hydrogens is 370 g/mol. The summed E-state index contributed by atoms with van der Waals surface area (Å²) in [6.45, 7) is 1.97. The number of benzene rings is 2. The van der Waals surface area contributed by atoms with Gasteiger partial charge < -0.3 is 19.2 Å². The number of rotatable bonds is 8. The Morgan fingerprint density at radius 3 is 2.48 bits per heavy atom. The predicted octanol–water partition coefficient (Wildman–Crippen LogP) is 4.44. The molecule has 1 atom stereocenters. The summed E-state index contributed by atoms with van der Waals surface area (Å²) >= 11 is 0. The van der Waals surface area contributed by atoms with Gasteiger partial charge in [0, 0.05) is 11.8 Å². The standard InChI is InChI=1S/C23H21NO5/c1-17(29-22(25)14-13-20-8-5-15-27-20)23(26)24-19-9-11-21(12-10-19)28-16-18-6-3-2-4-7-18/h2-15,17H,16H2,1H3,(H,24,26)/b14-13+. The molecule has 0 aliphatic heterocycles. The molecule has 3 aromatic rings. The Hall–Kier alpha value is -3.80. The second kappa shape index (κ2) is 9.94. The van der Waals surface area contributed by atoms with Gasteiger partial charge in [-0.05, 0) is 55.0 Å².